The lowest BCUT2D eigenvalue weighted by Crippen LogP contribution is -2.37. The average molecular weight is 289 g/mol. The number of carbonyl (C=O) groups excluding carboxylic acids is 2. The second-order valence-corrected chi connectivity index (χ2v) is 5.56. The molecule has 0 aliphatic heterocycles. The van der Waals surface area contributed by atoms with Crippen LogP contribution >= 0.6 is 0 Å². The molecule has 0 saturated heterocycles. The van der Waals surface area contributed by atoms with E-state index in [0.29, 0.717) is 6.42 Å². The summed E-state index contributed by atoms with van der Waals surface area (Å²) in [5.41, 5.74) is 0.858. The highest BCUT2D eigenvalue weighted by Gasteiger charge is 2.19. The zero-order valence-corrected chi connectivity index (χ0v) is 12.8. The molecule has 21 heavy (non-hydrogen) atoms. The van der Waals surface area contributed by atoms with Crippen molar-refractivity contribution in [1.82, 2.24) is 0 Å². The quantitative estimate of drug-likeness (QED) is 0.465. The van der Waals surface area contributed by atoms with Crippen molar-refractivity contribution in [3.63, 3.8) is 0 Å². The van der Waals surface area contributed by atoms with Gasteiger partial charge >= 0.3 is 0 Å². The highest BCUT2D eigenvalue weighted by atomic mass is 16.4. The molecule has 0 aliphatic rings. The van der Waals surface area contributed by atoms with Crippen LogP contribution < -0.4 is 5.11 Å². The van der Waals surface area contributed by atoms with Crippen LogP contribution in [0.3, 0.4) is 0 Å². The molecule has 1 atom stereocenters. The van der Waals surface area contributed by atoms with E-state index in [-0.39, 0.29) is 12.2 Å². The van der Waals surface area contributed by atoms with Crippen molar-refractivity contribution in [2.24, 2.45) is 5.92 Å². The molecule has 116 valence electrons. The van der Waals surface area contributed by atoms with Gasteiger partial charge in [0, 0.05) is 6.42 Å². The van der Waals surface area contributed by atoms with Crippen LogP contribution in [0.2, 0.25) is 0 Å². The van der Waals surface area contributed by atoms with E-state index in [1.165, 1.54) is 19.3 Å². The maximum Gasteiger partial charge on any atom is 0.145 e. The van der Waals surface area contributed by atoms with Gasteiger partial charge < -0.3 is 9.90 Å². The lowest BCUT2D eigenvalue weighted by molar-refractivity contribution is -0.310. The summed E-state index contributed by atoms with van der Waals surface area (Å²) in [5.74, 6) is -2.43. The minimum absolute atomic E-state index is 0.176. The summed E-state index contributed by atoms with van der Waals surface area (Å²) in [4.78, 5) is 23.3. The summed E-state index contributed by atoms with van der Waals surface area (Å²) in [6, 6.07) is 9.26. The van der Waals surface area contributed by atoms with E-state index in [2.05, 4.69) is 6.92 Å². The van der Waals surface area contributed by atoms with E-state index in [4.69, 9.17) is 0 Å². The number of aliphatic carboxylic acids is 1. The maximum absolute atomic E-state index is 12.1. The summed E-state index contributed by atoms with van der Waals surface area (Å²) in [6.07, 6.45) is 7.06. The van der Waals surface area contributed by atoms with Crippen LogP contribution in [0.1, 0.15) is 57.4 Å². The van der Waals surface area contributed by atoms with Gasteiger partial charge in [-0.3, -0.25) is 4.79 Å². The predicted molar refractivity (Wildman–Crippen MR) is 81.6 cm³/mol. The lowest BCUT2D eigenvalue weighted by Gasteiger charge is -2.16. The Morgan fingerprint density at radius 3 is 2.24 bits per heavy atom. The van der Waals surface area contributed by atoms with Gasteiger partial charge in [0.15, 0.2) is 0 Å². The monoisotopic (exact) mass is 289 g/mol. The first-order chi connectivity index (χ1) is 10.1. The molecule has 1 aromatic carbocycles. The van der Waals surface area contributed by atoms with Crippen LogP contribution in [0, 0.1) is 5.92 Å². The first kappa shape index (κ1) is 17.4. The van der Waals surface area contributed by atoms with Gasteiger partial charge in [0.25, 0.3) is 0 Å². The van der Waals surface area contributed by atoms with E-state index >= 15 is 0 Å². The van der Waals surface area contributed by atoms with Gasteiger partial charge in [-0.2, -0.15) is 0 Å². The molecule has 1 unspecified atom stereocenters. The third-order valence-electron chi connectivity index (χ3n) is 3.74. The van der Waals surface area contributed by atoms with Crippen molar-refractivity contribution in [3.8, 4) is 0 Å². The van der Waals surface area contributed by atoms with Gasteiger partial charge in [0.1, 0.15) is 5.78 Å². The second-order valence-electron chi connectivity index (χ2n) is 5.56. The fraction of sp³-hybridized carbons (Fsp3) is 0.556. The molecular weight excluding hydrogens is 264 g/mol. The number of ketones is 1. The third kappa shape index (κ3) is 7.07. The van der Waals surface area contributed by atoms with E-state index < -0.39 is 11.9 Å². The minimum atomic E-state index is -1.23. The van der Waals surface area contributed by atoms with E-state index in [1.807, 2.05) is 30.3 Å². The number of carbonyl (C=O) groups is 2. The van der Waals surface area contributed by atoms with Gasteiger partial charge in [0.2, 0.25) is 0 Å². The molecule has 0 spiro atoms. The number of unbranched alkanes of at least 4 members (excludes halogenated alkanes) is 5. The molecule has 0 aromatic heterocycles. The number of hydrogen-bond donors (Lipinski definition) is 0. The molecule has 0 fully saturated rings. The Hall–Kier alpha value is -1.64. The Bertz CT molecular complexity index is 425. The van der Waals surface area contributed by atoms with Gasteiger partial charge in [-0.05, 0) is 12.0 Å². The first-order valence-corrected chi connectivity index (χ1v) is 7.92. The Kier molecular flexibility index (Phi) is 8.41. The van der Waals surface area contributed by atoms with Crippen LogP contribution in [0.15, 0.2) is 30.3 Å². The smallest absolute Gasteiger partial charge is 0.145 e. The SMILES string of the molecule is CCCCCCCCC(C(=O)[O-])C(=O)Cc1ccccc1. The molecule has 0 aliphatic carbocycles. The molecule has 0 saturated carbocycles. The number of Topliss-reactive ketones (excluding diaryl/α,β-unsaturated/α-hetero) is 1. The van der Waals surface area contributed by atoms with Crippen molar-refractivity contribution in [3.05, 3.63) is 35.9 Å². The Morgan fingerprint density at radius 2 is 1.62 bits per heavy atom. The van der Waals surface area contributed by atoms with Gasteiger partial charge in [-0.15, -0.1) is 0 Å². The Balaban J connectivity index is 2.38. The molecule has 0 N–H and O–H groups in total. The summed E-state index contributed by atoms with van der Waals surface area (Å²) < 4.78 is 0. The number of benzene rings is 1. The van der Waals surface area contributed by atoms with E-state index in [0.717, 1.165) is 24.8 Å². The van der Waals surface area contributed by atoms with Crippen molar-refractivity contribution < 1.29 is 14.7 Å². The van der Waals surface area contributed by atoms with Crippen LogP contribution in [0.25, 0.3) is 0 Å². The number of hydrogen-bond acceptors (Lipinski definition) is 3. The predicted octanol–water partition coefficient (Wildman–Crippen LogP) is 2.91. The van der Waals surface area contributed by atoms with Crippen LogP contribution in [-0.2, 0) is 16.0 Å². The zero-order valence-electron chi connectivity index (χ0n) is 12.8. The van der Waals surface area contributed by atoms with Crippen LogP contribution in [-0.4, -0.2) is 11.8 Å². The van der Waals surface area contributed by atoms with E-state index in [1.54, 1.807) is 0 Å². The standard InChI is InChI=1S/C18H26O3/c1-2-3-4-5-6-10-13-16(18(20)21)17(19)14-15-11-8-7-9-12-15/h7-9,11-12,16H,2-6,10,13-14H2,1H3,(H,20,21)/p-1. The van der Waals surface area contributed by atoms with Crippen LogP contribution in [0.5, 0.6) is 0 Å². The van der Waals surface area contributed by atoms with Crippen molar-refractivity contribution in [2.45, 2.75) is 58.3 Å². The summed E-state index contributed by atoms with van der Waals surface area (Å²) >= 11 is 0. The molecular formula is C18H25O3-. The van der Waals surface area contributed by atoms with Crippen LogP contribution in [0.4, 0.5) is 0 Å². The molecule has 0 bridgehead atoms. The van der Waals surface area contributed by atoms with Crippen molar-refractivity contribution in [1.29, 1.82) is 0 Å². The summed E-state index contributed by atoms with van der Waals surface area (Å²) in [5, 5.41) is 11.2. The molecule has 1 aromatic rings. The van der Waals surface area contributed by atoms with Crippen molar-refractivity contribution >= 4 is 11.8 Å². The van der Waals surface area contributed by atoms with Gasteiger partial charge in [-0.25, -0.2) is 0 Å². The Labute approximate surface area is 127 Å². The third-order valence-corrected chi connectivity index (χ3v) is 3.74. The maximum atomic E-state index is 12.1. The largest absolute Gasteiger partial charge is 0.549 e. The molecule has 0 amide bonds. The second kappa shape index (κ2) is 10.1. The van der Waals surface area contributed by atoms with Crippen molar-refractivity contribution in [2.75, 3.05) is 0 Å². The minimum Gasteiger partial charge on any atom is -0.549 e. The average Bonchev–Trinajstić information content (AvgIpc) is 2.47. The highest BCUT2D eigenvalue weighted by molar-refractivity contribution is 5.98. The van der Waals surface area contributed by atoms with Gasteiger partial charge in [-0.1, -0.05) is 75.8 Å². The lowest BCUT2D eigenvalue weighted by atomic mass is 9.92. The fourth-order valence-electron chi connectivity index (χ4n) is 2.46. The topological polar surface area (TPSA) is 57.2 Å². The normalized spacial score (nSPS) is 12.0. The Morgan fingerprint density at radius 1 is 1.00 bits per heavy atom. The zero-order chi connectivity index (χ0) is 15.5. The highest BCUT2D eigenvalue weighted by Crippen LogP contribution is 2.15. The molecule has 3 nitrogen and oxygen atoms in total. The first-order valence-electron chi connectivity index (χ1n) is 7.92. The molecule has 0 radical (unpaired) electrons. The molecule has 1 rings (SSSR count). The summed E-state index contributed by atoms with van der Waals surface area (Å²) in [7, 11) is 0. The number of carboxylic acids is 1. The molecule has 0 heterocycles. The number of carboxylic acid groups (broad SMARTS) is 1. The van der Waals surface area contributed by atoms with E-state index in [9.17, 15) is 14.7 Å². The van der Waals surface area contributed by atoms with Gasteiger partial charge in [0.05, 0.1) is 11.9 Å². The fourth-order valence-corrected chi connectivity index (χ4v) is 2.46. The summed E-state index contributed by atoms with van der Waals surface area (Å²) in [6.45, 7) is 2.16. The molecule has 3 heteroatoms. The number of rotatable bonds is 11.